The highest BCUT2D eigenvalue weighted by Crippen LogP contribution is 2.24. The zero-order valence-corrected chi connectivity index (χ0v) is 16.1. The molecule has 0 amide bonds. The average molecular weight is 380 g/mol. The molecule has 1 N–H and O–H groups in total. The van der Waals surface area contributed by atoms with Gasteiger partial charge in [0.1, 0.15) is 0 Å². The highest BCUT2D eigenvalue weighted by molar-refractivity contribution is 6.50. The number of nitrogens with one attached hydrogen (secondary N) is 1. The smallest absolute Gasteiger partial charge is 0.259 e. The van der Waals surface area contributed by atoms with Gasteiger partial charge in [0.15, 0.2) is 5.82 Å². The third kappa shape index (κ3) is 3.76. The average Bonchev–Trinajstić information content (AvgIpc) is 2.70. The van der Waals surface area contributed by atoms with E-state index in [1.54, 1.807) is 6.07 Å². The maximum atomic E-state index is 12.3. The first-order valence-electron chi connectivity index (χ1n) is 9.34. The first-order chi connectivity index (χ1) is 13.1. The maximum Gasteiger partial charge on any atom is 0.259 e. The molecule has 0 aliphatic carbocycles. The SMILES string of the molecule is Cc1cccc2c(=O)[nH]c(/C(Cl)=C/c3ccc(N4CCCCC4)cc3)nc12. The van der Waals surface area contributed by atoms with Crippen LogP contribution in [0.1, 0.15) is 36.2 Å². The summed E-state index contributed by atoms with van der Waals surface area (Å²) in [7, 11) is 0. The number of fused-ring (bicyclic) bond motifs is 1. The lowest BCUT2D eigenvalue weighted by Gasteiger charge is -2.28. The molecule has 27 heavy (non-hydrogen) atoms. The van der Waals surface area contributed by atoms with Crippen molar-refractivity contribution in [1.29, 1.82) is 0 Å². The minimum absolute atomic E-state index is 0.175. The number of H-pyrrole nitrogens is 1. The largest absolute Gasteiger partial charge is 0.372 e. The Balaban J connectivity index is 1.63. The van der Waals surface area contributed by atoms with Crippen LogP contribution in [0.5, 0.6) is 0 Å². The standard InChI is InChI=1S/C22H22ClN3O/c1-15-6-5-7-18-20(15)24-21(25-22(18)27)19(23)14-16-8-10-17(11-9-16)26-12-3-2-4-13-26/h5-11,14H,2-4,12-13H2,1H3,(H,24,25,27)/b19-14-. The first-order valence-corrected chi connectivity index (χ1v) is 9.72. The Hall–Kier alpha value is -2.59. The van der Waals surface area contributed by atoms with E-state index in [4.69, 9.17) is 11.6 Å². The van der Waals surface area contributed by atoms with Crippen molar-refractivity contribution in [2.24, 2.45) is 0 Å². The summed E-state index contributed by atoms with van der Waals surface area (Å²) >= 11 is 6.47. The summed E-state index contributed by atoms with van der Waals surface area (Å²) in [5.74, 6) is 0.392. The number of benzene rings is 2. The van der Waals surface area contributed by atoms with Crippen LogP contribution in [0, 0.1) is 6.92 Å². The molecule has 0 bridgehead atoms. The molecule has 2 heterocycles. The second-order valence-electron chi connectivity index (χ2n) is 7.02. The van der Waals surface area contributed by atoms with Gasteiger partial charge in [-0.05, 0) is 61.6 Å². The van der Waals surface area contributed by atoms with Gasteiger partial charge < -0.3 is 9.88 Å². The number of nitrogens with zero attached hydrogens (tertiary/aromatic N) is 2. The Labute approximate surface area is 163 Å². The fourth-order valence-corrected chi connectivity index (χ4v) is 3.78. The maximum absolute atomic E-state index is 12.3. The van der Waals surface area contributed by atoms with Crippen molar-refractivity contribution in [3.8, 4) is 0 Å². The highest BCUT2D eigenvalue weighted by atomic mass is 35.5. The van der Waals surface area contributed by atoms with E-state index in [0.717, 1.165) is 24.2 Å². The molecule has 4 nitrogen and oxygen atoms in total. The van der Waals surface area contributed by atoms with Crippen LogP contribution in [0.4, 0.5) is 5.69 Å². The number of hydrogen-bond acceptors (Lipinski definition) is 3. The van der Waals surface area contributed by atoms with Gasteiger partial charge in [-0.2, -0.15) is 0 Å². The van der Waals surface area contributed by atoms with Gasteiger partial charge in [0.25, 0.3) is 5.56 Å². The molecule has 0 saturated carbocycles. The molecule has 3 aromatic rings. The zero-order chi connectivity index (χ0) is 18.8. The van der Waals surface area contributed by atoms with Crippen LogP contribution in [0.3, 0.4) is 0 Å². The van der Waals surface area contributed by atoms with Crippen molar-refractivity contribution in [1.82, 2.24) is 9.97 Å². The number of piperidine rings is 1. The lowest BCUT2D eigenvalue weighted by atomic mass is 10.1. The van der Waals surface area contributed by atoms with Crippen molar-refractivity contribution in [2.75, 3.05) is 18.0 Å². The van der Waals surface area contributed by atoms with Crippen molar-refractivity contribution in [2.45, 2.75) is 26.2 Å². The van der Waals surface area contributed by atoms with Crippen molar-refractivity contribution < 1.29 is 0 Å². The molecule has 2 aromatic carbocycles. The van der Waals surface area contributed by atoms with Gasteiger partial charge in [-0.25, -0.2) is 4.98 Å². The zero-order valence-electron chi connectivity index (χ0n) is 15.3. The van der Waals surface area contributed by atoms with E-state index in [0.29, 0.717) is 21.8 Å². The quantitative estimate of drug-likeness (QED) is 0.699. The van der Waals surface area contributed by atoms with Crippen LogP contribution in [0.25, 0.3) is 22.0 Å². The number of hydrogen-bond donors (Lipinski definition) is 1. The van der Waals surface area contributed by atoms with E-state index in [9.17, 15) is 4.79 Å². The molecule has 1 saturated heterocycles. The van der Waals surface area contributed by atoms with Gasteiger partial charge in [-0.1, -0.05) is 35.9 Å². The van der Waals surface area contributed by atoms with Crippen LogP contribution in [-0.2, 0) is 0 Å². The summed E-state index contributed by atoms with van der Waals surface area (Å²) in [5, 5.41) is 0.997. The second kappa shape index (κ2) is 7.57. The summed E-state index contributed by atoms with van der Waals surface area (Å²) in [4.78, 5) is 22.1. The number of aryl methyl sites for hydroxylation is 1. The highest BCUT2D eigenvalue weighted by Gasteiger charge is 2.11. The number of rotatable bonds is 3. The third-order valence-electron chi connectivity index (χ3n) is 5.07. The monoisotopic (exact) mass is 379 g/mol. The first kappa shape index (κ1) is 17.8. The summed E-state index contributed by atoms with van der Waals surface area (Å²) in [6.07, 6.45) is 5.68. The minimum atomic E-state index is -0.175. The summed E-state index contributed by atoms with van der Waals surface area (Å²) in [6.45, 7) is 4.19. The lowest BCUT2D eigenvalue weighted by molar-refractivity contribution is 0.578. The number of para-hydroxylation sites is 1. The van der Waals surface area contributed by atoms with Crippen molar-refractivity contribution >= 4 is 39.3 Å². The number of halogens is 1. The van der Waals surface area contributed by atoms with Gasteiger partial charge >= 0.3 is 0 Å². The molecule has 0 unspecified atom stereocenters. The molecular weight excluding hydrogens is 358 g/mol. The lowest BCUT2D eigenvalue weighted by Crippen LogP contribution is -2.29. The molecule has 1 aromatic heterocycles. The van der Waals surface area contributed by atoms with Crippen LogP contribution >= 0.6 is 11.6 Å². The Morgan fingerprint density at radius 3 is 2.59 bits per heavy atom. The normalized spacial score (nSPS) is 15.3. The van der Waals surface area contributed by atoms with Gasteiger partial charge in [0, 0.05) is 18.8 Å². The molecule has 0 spiro atoms. The predicted octanol–water partition coefficient (Wildman–Crippen LogP) is 4.96. The fourth-order valence-electron chi connectivity index (χ4n) is 3.57. The van der Waals surface area contributed by atoms with E-state index < -0.39 is 0 Å². The Bertz CT molecular complexity index is 1050. The van der Waals surface area contributed by atoms with Crippen molar-refractivity contribution in [3.05, 3.63) is 69.8 Å². The molecule has 138 valence electrons. The van der Waals surface area contributed by atoms with E-state index >= 15 is 0 Å². The molecule has 0 radical (unpaired) electrons. The molecule has 1 aliphatic heterocycles. The van der Waals surface area contributed by atoms with Gasteiger partial charge in [-0.15, -0.1) is 0 Å². The number of aromatic nitrogens is 2. The topological polar surface area (TPSA) is 49.0 Å². The van der Waals surface area contributed by atoms with E-state index in [-0.39, 0.29) is 5.56 Å². The van der Waals surface area contributed by atoms with Gasteiger partial charge in [0.05, 0.1) is 15.9 Å². The molecule has 5 heteroatoms. The summed E-state index contributed by atoms with van der Waals surface area (Å²) in [5.41, 5.74) is 3.69. The van der Waals surface area contributed by atoms with Crippen molar-refractivity contribution in [3.63, 3.8) is 0 Å². The Kier molecular flexibility index (Phi) is 4.99. The van der Waals surface area contributed by atoms with Gasteiger partial charge in [-0.3, -0.25) is 4.79 Å². The molecule has 4 rings (SSSR count). The molecular formula is C22H22ClN3O. The van der Waals surface area contributed by atoms with Crippen LogP contribution in [0.15, 0.2) is 47.3 Å². The predicted molar refractivity (Wildman–Crippen MR) is 113 cm³/mol. The number of aromatic amines is 1. The Morgan fingerprint density at radius 2 is 1.85 bits per heavy atom. The van der Waals surface area contributed by atoms with E-state index in [2.05, 4.69) is 39.1 Å². The van der Waals surface area contributed by atoms with Crippen LogP contribution < -0.4 is 10.5 Å². The third-order valence-corrected chi connectivity index (χ3v) is 5.36. The number of anilines is 1. The fraction of sp³-hybridized carbons (Fsp3) is 0.273. The summed E-state index contributed by atoms with van der Waals surface area (Å²) in [6, 6.07) is 13.9. The summed E-state index contributed by atoms with van der Waals surface area (Å²) < 4.78 is 0. The van der Waals surface area contributed by atoms with E-state index in [1.807, 2.05) is 25.1 Å². The van der Waals surface area contributed by atoms with Crippen LogP contribution in [-0.4, -0.2) is 23.1 Å². The van der Waals surface area contributed by atoms with E-state index in [1.165, 1.54) is 24.9 Å². The Morgan fingerprint density at radius 1 is 1.11 bits per heavy atom. The van der Waals surface area contributed by atoms with Gasteiger partial charge in [0.2, 0.25) is 0 Å². The molecule has 1 fully saturated rings. The van der Waals surface area contributed by atoms with Crippen LogP contribution in [0.2, 0.25) is 0 Å². The molecule has 1 aliphatic rings. The minimum Gasteiger partial charge on any atom is -0.372 e. The second-order valence-corrected chi connectivity index (χ2v) is 7.42. The molecule has 0 atom stereocenters.